The SMILES string of the molecule is Cc1cccc(OCC(=O)NNC(=O)C(C)Oc2ccccc2[N+](=O)[O-])c1C. The molecule has 2 rings (SSSR count). The quantitative estimate of drug-likeness (QED) is 0.555. The van der Waals surface area contributed by atoms with Crippen molar-refractivity contribution in [2.45, 2.75) is 26.9 Å². The predicted octanol–water partition coefficient (Wildman–Crippen LogP) is 2.21. The predicted molar refractivity (Wildman–Crippen MR) is 101 cm³/mol. The van der Waals surface area contributed by atoms with E-state index in [1.807, 2.05) is 26.0 Å². The lowest BCUT2D eigenvalue weighted by atomic mass is 10.1. The number of hydrogen-bond acceptors (Lipinski definition) is 6. The molecular weight excluding hydrogens is 366 g/mol. The van der Waals surface area contributed by atoms with Crippen molar-refractivity contribution in [2.75, 3.05) is 6.61 Å². The lowest BCUT2D eigenvalue weighted by molar-refractivity contribution is -0.386. The highest BCUT2D eigenvalue weighted by Crippen LogP contribution is 2.26. The van der Waals surface area contributed by atoms with E-state index in [1.165, 1.54) is 25.1 Å². The number of hydrazine groups is 1. The normalized spacial score (nSPS) is 11.2. The van der Waals surface area contributed by atoms with Crippen LogP contribution in [0.4, 0.5) is 5.69 Å². The molecule has 0 aliphatic carbocycles. The Morgan fingerprint density at radius 1 is 1.07 bits per heavy atom. The first-order valence-corrected chi connectivity index (χ1v) is 8.47. The Morgan fingerprint density at radius 3 is 2.46 bits per heavy atom. The van der Waals surface area contributed by atoms with Gasteiger partial charge >= 0.3 is 5.69 Å². The Balaban J connectivity index is 1.83. The first-order chi connectivity index (χ1) is 13.3. The second-order valence-electron chi connectivity index (χ2n) is 6.01. The summed E-state index contributed by atoms with van der Waals surface area (Å²) >= 11 is 0. The second kappa shape index (κ2) is 9.36. The molecule has 2 amide bonds. The Kier molecular flexibility index (Phi) is 6.91. The molecule has 0 spiro atoms. The van der Waals surface area contributed by atoms with Crippen LogP contribution in [-0.2, 0) is 9.59 Å². The van der Waals surface area contributed by atoms with Crippen molar-refractivity contribution in [1.82, 2.24) is 10.9 Å². The zero-order valence-electron chi connectivity index (χ0n) is 15.7. The lowest BCUT2D eigenvalue weighted by Gasteiger charge is -2.15. The highest BCUT2D eigenvalue weighted by Gasteiger charge is 2.21. The molecule has 0 aliphatic rings. The van der Waals surface area contributed by atoms with Gasteiger partial charge < -0.3 is 9.47 Å². The minimum absolute atomic E-state index is 0.0419. The Hall–Kier alpha value is -3.62. The molecule has 9 nitrogen and oxygen atoms in total. The van der Waals surface area contributed by atoms with Gasteiger partial charge in [-0.3, -0.25) is 30.6 Å². The summed E-state index contributed by atoms with van der Waals surface area (Å²) in [6.07, 6.45) is -1.07. The number of carbonyl (C=O) groups excluding carboxylic acids is 2. The zero-order chi connectivity index (χ0) is 20.7. The van der Waals surface area contributed by atoms with Crippen LogP contribution in [0.2, 0.25) is 0 Å². The standard InChI is InChI=1S/C19H21N3O6/c1-12-7-6-10-16(13(12)2)27-11-18(23)20-21-19(24)14(3)28-17-9-5-4-8-15(17)22(25)26/h4-10,14H,11H2,1-3H3,(H,20,23)(H,21,24). The molecule has 2 aromatic rings. The van der Waals surface area contributed by atoms with Crippen molar-refractivity contribution in [2.24, 2.45) is 0 Å². The third-order valence-electron chi connectivity index (χ3n) is 3.97. The molecule has 0 aromatic heterocycles. The van der Waals surface area contributed by atoms with Gasteiger partial charge in [0.25, 0.3) is 11.8 Å². The molecule has 0 bridgehead atoms. The van der Waals surface area contributed by atoms with Crippen LogP contribution in [0.25, 0.3) is 0 Å². The van der Waals surface area contributed by atoms with Gasteiger partial charge in [0.2, 0.25) is 0 Å². The number of benzene rings is 2. The molecular formula is C19H21N3O6. The summed E-state index contributed by atoms with van der Waals surface area (Å²) in [6, 6.07) is 11.2. The second-order valence-corrected chi connectivity index (χ2v) is 6.01. The Labute approximate surface area is 161 Å². The van der Waals surface area contributed by atoms with E-state index in [0.29, 0.717) is 5.75 Å². The van der Waals surface area contributed by atoms with Crippen LogP contribution in [0.1, 0.15) is 18.1 Å². The van der Waals surface area contributed by atoms with Gasteiger partial charge in [-0.25, -0.2) is 0 Å². The molecule has 0 aliphatic heterocycles. The van der Waals surface area contributed by atoms with E-state index >= 15 is 0 Å². The minimum Gasteiger partial charge on any atom is -0.483 e. The van der Waals surface area contributed by atoms with Crippen molar-refractivity contribution >= 4 is 17.5 Å². The molecule has 0 fully saturated rings. The first kappa shape index (κ1) is 20.7. The highest BCUT2D eigenvalue weighted by molar-refractivity contribution is 5.85. The summed E-state index contributed by atoms with van der Waals surface area (Å²) in [5, 5.41) is 11.0. The van der Waals surface area contributed by atoms with E-state index in [-0.39, 0.29) is 18.0 Å². The average molecular weight is 387 g/mol. The average Bonchev–Trinajstić information content (AvgIpc) is 2.67. The fraction of sp³-hybridized carbons (Fsp3) is 0.263. The van der Waals surface area contributed by atoms with Crippen LogP contribution in [0.3, 0.4) is 0 Å². The monoisotopic (exact) mass is 387 g/mol. The maximum Gasteiger partial charge on any atom is 0.310 e. The van der Waals surface area contributed by atoms with Crippen molar-refractivity contribution in [3.8, 4) is 11.5 Å². The maximum atomic E-state index is 12.0. The van der Waals surface area contributed by atoms with Crippen LogP contribution >= 0.6 is 0 Å². The maximum absolute atomic E-state index is 12.0. The highest BCUT2D eigenvalue weighted by atomic mass is 16.6. The van der Waals surface area contributed by atoms with E-state index in [4.69, 9.17) is 9.47 Å². The topological polar surface area (TPSA) is 120 Å². The third-order valence-corrected chi connectivity index (χ3v) is 3.97. The van der Waals surface area contributed by atoms with E-state index in [1.54, 1.807) is 12.1 Å². The van der Waals surface area contributed by atoms with Gasteiger partial charge in [0, 0.05) is 6.07 Å². The summed E-state index contributed by atoms with van der Waals surface area (Å²) in [5.41, 5.74) is 6.11. The number of nitro groups is 1. The van der Waals surface area contributed by atoms with Gasteiger partial charge in [0.15, 0.2) is 18.5 Å². The van der Waals surface area contributed by atoms with Crippen molar-refractivity contribution < 1.29 is 24.0 Å². The number of hydrogen-bond donors (Lipinski definition) is 2. The van der Waals surface area contributed by atoms with Crippen LogP contribution in [-0.4, -0.2) is 29.4 Å². The van der Waals surface area contributed by atoms with E-state index in [2.05, 4.69) is 10.9 Å². The number of para-hydroxylation sites is 2. The molecule has 0 radical (unpaired) electrons. The van der Waals surface area contributed by atoms with Gasteiger partial charge in [0.1, 0.15) is 5.75 Å². The smallest absolute Gasteiger partial charge is 0.310 e. The number of nitro benzene ring substituents is 1. The molecule has 2 N–H and O–H groups in total. The van der Waals surface area contributed by atoms with Gasteiger partial charge in [0.05, 0.1) is 4.92 Å². The number of ether oxygens (including phenoxy) is 2. The number of nitrogens with zero attached hydrogens (tertiary/aromatic N) is 1. The van der Waals surface area contributed by atoms with E-state index in [0.717, 1.165) is 11.1 Å². The van der Waals surface area contributed by atoms with Gasteiger partial charge in [-0.1, -0.05) is 24.3 Å². The molecule has 148 valence electrons. The van der Waals surface area contributed by atoms with Crippen LogP contribution in [0, 0.1) is 24.0 Å². The van der Waals surface area contributed by atoms with Crippen molar-refractivity contribution in [3.05, 3.63) is 63.7 Å². The molecule has 0 saturated heterocycles. The third kappa shape index (κ3) is 5.44. The Bertz CT molecular complexity index is 884. The van der Waals surface area contributed by atoms with Crippen LogP contribution in [0.15, 0.2) is 42.5 Å². The molecule has 0 saturated carbocycles. The summed E-state index contributed by atoms with van der Waals surface area (Å²) < 4.78 is 10.8. The summed E-state index contributed by atoms with van der Waals surface area (Å²) in [5.74, 6) is -0.695. The molecule has 0 heterocycles. The van der Waals surface area contributed by atoms with Gasteiger partial charge in [-0.2, -0.15) is 0 Å². The summed E-state index contributed by atoms with van der Waals surface area (Å²) in [6.45, 7) is 4.93. The van der Waals surface area contributed by atoms with Crippen molar-refractivity contribution in [3.63, 3.8) is 0 Å². The first-order valence-electron chi connectivity index (χ1n) is 8.47. The Morgan fingerprint density at radius 2 is 1.75 bits per heavy atom. The molecule has 2 aromatic carbocycles. The number of nitrogens with one attached hydrogen (secondary N) is 2. The molecule has 9 heteroatoms. The largest absolute Gasteiger partial charge is 0.483 e. The molecule has 1 atom stereocenters. The summed E-state index contributed by atoms with van der Waals surface area (Å²) in [4.78, 5) is 34.3. The van der Waals surface area contributed by atoms with Crippen molar-refractivity contribution in [1.29, 1.82) is 0 Å². The van der Waals surface area contributed by atoms with Gasteiger partial charge in [-0.15, -0.1) is 0 Å². The van der Waals surface area contributed by atoms with E-state index in [9.17, 15) is 19.7 Å². The fourth-order valence-electron chi connectivity index (χ4n) is 2.24. The molecule has 28 heavy (non-hydrogen) atoms. The zero-order valence-corrected chi connectivity index (χ0v) is 15.7. The molecule has 1 unspecified atom stereocenters. The fourth-order valence-corrected chi connectivity index (χ4v) is 2.24. The van der Waals surface area contributed by atoms with Crippen LogP contribution in [0.5, 0.6) is 11.5 Å². The van der Waals surface area contributed by atoms with E-state index < -0.39 is 22.8 Å². The van der Waals surface area contributed by atoms with Crippen LogP contribution < -0.4 is 20.3 Å². The number of rotatable bonds is 7. The summed E-state index contributed by atoms with van der Waals surface area (Å²) in [7, 11) is 0. The lowest BCUT2D eigenvalue weighted by Crippen LogP contribution is -2.48. The minimum atomic E-state index is -1.07. The van der Waals surface area contributed by atoms with Gasteiger partial charge in [-0.05, 0) is 44.0 Å². The number of amides is 2. The number of aryl methyl sites for hydroxylation is 1. The number of carbonyl (C=O) groups is 2.